The van der Waals surface area contributed by atoms with Crippen molar-refractivity contribution in [3.8, 4) is 0 Å². The molecule has 162 valence electrons. The molecule has 0 spiro atoms. The Morgan fingerprint density at radius 1 is 0.967 bits per heavy atom. The van der Waals surface area contributed by atoms with E-state index in [0.717, 1.165) is 28.6 Å². The second-order valence-electron chi connectivity index (χ2n) is 6.46. The van der Waals surface area contributed by atoms with E-state index >= 15 is 0 Å². The Labute approximate surface area is 173 Å². The first-order chi connectivity index (χ1) is 13.9. The normalized spacial score (nSPS) is 16.0. The highest BCUT2D eigenvalue weighted by Crippen LogP contribution is 2.36. The molecule has 3 rings (SSSR count). The Balaban J connectivity index is 1.76. The molecule has 0 saturated carbocycles. The van der Waals surface area contributed by atoms with Crippen LogP contribution < -0.4 is 0 Å². The van der Waals surface area contributed by atoms with Crippen LogP contribution in [0.1, 0.15) is 15.9 Å². The molecular formula is C18H14ClF5N2O3S. The van der Waals surface area contributed by atoms with Crippen molar-refractivity contribution in [1.29, 1.82) is 0 Å². The summed E-state index contributed by atoms with van der Waals surface area (Å²) in [6.45, 7) is -0.648. The third-order valence-electron chi connectivity index (χ3n) is 4.57. The third kappa shape index (κ3) is 4.42. The van der Waals surface area contributed by atoms with Gasteiger partial charge in [0.05, 0.1) is 21.0 Å². The highest BCUT2D eigenvalue weighted by atomic mass is 35.5. The Hall–Kier alpha value is -2.24. The topological polar surface area (TPSA) is 57.7 Å². The number of nitrogens with zero attached hydrogens (tertiary/aromatic N) is 2. The van der Waals surface area contributed by atoms with Gasteiger partial charge in [-0.3, -0.25) is 4.79 Å². The molecule has 1 aliphatic rings. The summed E-state index contributed by atoms with van der Waals surface area (Å²) >= 11 is 5.52. The second-order valence-corrected chi connectivity index (χ2v) is 8.81. The SMILES string of the molecule is O=C(c1ccc(F)cc1F)N1CCN(S(=O)(=O)c2ccc(Cl)c(C(F)(F)F)c2)CC1. The largest absolute Gasteiger partial charge is 0.417 e. The fourth-order valence-electron chi connectivity index (χ4n) is 3.00. The average molecular weight is 469 g/mol. The predicted molar refractivity (Wildman–Crippen MR) is 97.5 cm³/mol. The summed E-state index contributed by atoms with van der Waals surface area (Å²) in [6, 6.07) is 4.76. The maximum atomic E-state index is 13.8. The highest BCUT2D eigenvalue weighted by Gasteiger charge is 2.36. The van der Waals surface area contributed by atoms with Crippen molar-refractivity contribution in [2.45, 2.75) is 11.1 Å². The van der Waals surface area contributed by atoms with E-state index in [2.05, 4.69) is 0 Å². The van der Waals surface area contributed by atoms with E-state index in [0.29, 0.717) is 12.1 Å². The number of sulfonamides is 1. The molecule has 0 aliphatic carbocycles. The van der Waals surface area contributed by atoms with Gasteiger partial charge >= 0.3 is 6.18 Å². The van der Waals surface area contributed by atoms with Gasteiger partial charge in [-0.1, -0.05) is 11.6 Å². The Kier molecular flexibility index (Phi) is 6.08. The molecule has 0 radical (unpaired) electrons. The number of piperazine rings is 1. The summed E-state index contributed by atoms with van der Waals surface area (Å²) in [5.74, 6) is -2.63. The standard InChI is InChI=1S/C18H14ClF5N2O3S/c19-15-4-2-12(10-14(15)18(22,23)24)30(28,29)26-7-5-25(6-8-26)17(27)13-3-1-11(20)9-16(13)21/h1-4,9-10H,5-8H2. The first-order valence-electron chi connectivity index (χ1n) is 8.52. The second kappa shape index (κ2) is 8.12. The minimum atomic E-state index is -4.83. The molecule has 0 atom stereocenters. The summed E-state index contributed by atoms with van der Waals surface area (Å²) in [5.41, 5.74) is -1.63. The Morgan fingerprint density at radius 2 is 1.60 bits per heavy atom. The van der Waals surface area contributed by atoms with E-state index in [-0.39, 0.29) is 31.7 Å². The predicted octanol–water partition coefficient (Wildman–Crippen LogP) is 3.78. The molecule has 1 aliphatic heterocycles. The van der Waals surface area contributed by atoms with Crippen molar-refractivity contribution in [2.75, 3.05) is 26.2 Å². The number of rotatable bonds is 3. The number of amides is 1. The minimum absolute atomic E-state index is 0.116. The van der Waals surface area contributed by atoms with Crippen LogP contribution in [0.15, 0.2) is 41.3 Å². The number of halogens is 6. The van der Waals surface area contributed by atoms with Crippen molar-refractivity contribution in [1.82, 2.24) is 9.21 Å². The van der Waals surface area contributed by atoms with Gasteiger partial charge in [-0.15, -0.1) is 0 Å². The maximum absolute atomic E-state index is 13.8. The van der Waals surface area contributed by atoms with E-state index in [1.807, 2.05) is 0 Å². The molecule has 2 aromatic carbocycles. The van der Waals surface area contributed by atoms with Crippen molar-refractivity contribution in [3.63, 3.8) is 0 Å². The molecule has 0 bridgehead atoms. The van der Waals surface area contributed by atoms with Crippen molar-refractivity contribution >= 4 is 27.5 Å². The monoisotopic (exact) mass is 468 g/mol. The van der Waals surface area contributed by atoms with Crippen LogP contribution in [0, 0.1) is 11.6 Å². The van der Waals surface area contributed by atoms with Crippen LogP contribution in [0.25, 0.3) is 0 Å². The van der Waals surface area contributed by atoms with Crippen LogP contribution in [0.4, 0.5) is 22.0 Å². The number of benzene rings is 2. The smallest absolute Gasteiger partial charge is 0.336 e. The summed E-state index contributed by atoms with van der Waals surface area (Å²) < 4.78 is 92.3. The van der Waals surface area contributed by atoms with Crippen LogP contribution in [0.5, 0.6) is 0 Å². The molecule has 1 heterocycles. The van der Waals surface area contributed by atoms with E-state index < -0.39 is 49.2 Å². The Morgan fingerprint density at radius 3 is 2.17 bits per heavy atom. The number of carbonyl (C=O) groups is 1. The van der Waals surface area contributed by atoms with Crippen LogP contribution in [0.2, 0.25) is 5.02 Å². The van der Waals surface area contributed by atoms with Gasteiger partial charge < -0.3 is 4.90 Å². The van der Waals surface area contributed by atoms with Gasteiger partial charge in [0.25, 0.3) is 5.91 Å². The molecule has 30 heavy (non-hydrogen) atoms. The summed E-state index contributed by atoms with van der Waals surface area (Å²) in [5, 5.41) is -0.627. The molecule has 12 heteroatoms. The molecule has 1 saturated heterocycles. The lowest BCUT2D eigenvalue weighted by molar-refractivity contribution is -0.137. The molecular weight excluding hydrogens is 455 g/mol. The average Bonchev–Trinajstić information content (AvgIpc) is 2.67. The Bertz CT molecular complexity index is 1080. The van der Waals surface area contributed by atoms with Crippen LogP contribution >= 0.6 is 11.6 Å². The fraction of sp³-hybridized carbons (Fsp3) is 0.278. The quantitative estimate of drug-likeness (QED) is 0.644. The summed E-state index contributed by atoms with van der Waals surface area (Å²) in [7, 11) is -4.28. The van der Waals surface area contributed by atoms with E-state index in [9.17, 15) is 35.2 Å². The third-order valence-corrected chi connectivity index (χ3v) is 6.79. The van der Waals surface area contributed by atoms with Crippen molar-refractivity contribution in [3.05, 3.63) is 64.2 Å². The first-order valence-corrected chi connectivity index (χ1v) is 10.3. The lowest BCUT2D eigenvalue weighted by atomic mass is 10.1. The van der Waals surface area contributed by atoms with Gasteiger partial charge in [0.15, 0.2) is 0 Å². The summed E-state index contributed by atoms with van der Waals surface area (Å²) in [4.78, 5) is 13.0. The minimum Gasteiger partial charge on any atom is -0.336 e. The lowest BCUT2D eigenvalue weighted by Crippen LogP contribution is -2.50. The number of hydrogen-bond acceptors (Lipinski definition) is 3. The molecule has 5 nitrogen and oxygen atoms in total. The zero-order chi connectivity index (χ0) is 22.3. The number of alkyl halides is 3. The van der Waals surface area contributed by atoms with E-state index in [4.69, 9.17) is 11.6 Å². The van der Waals surface area contributed by atoms with Gasteiger partial charge in [0.1, 0.15) is 11.6 Å². The van der Waals surface area contributed by atoms with Crippen LogP contribution in [-0.4, -0.2) is 49.7 Å². The first kappa shape index (κ1) is 22.4. The van der Waals surface area contributed by atoms with Crippen LogP contribution in [0.3, 0.4) is 0 Å². The molecule has 1 amide bonds. The van der Waals surface area contributed by atoms with Crippen molar-refractivity contribution < 1.29 is 35.2 Å². The molecule has 2 aromatic rings. The van der Waals surface area contributed by atoms with Gasteiger partial charge in [-0.2, -0.15) is 17.5 Å². The molecule has 0 unspecified atom stereocenters. The van der Waals surface area contributed by atoms with Gasteiger partial charge in [-0.25, -0.2) is 17.2 Å². The number of hydrogen-bond donors (Lipinski definition) is 0. The maximum Gasteiger partial charge on any atom is 0.417 e. The van der Waals surface area contributed by atoms with E-state index in [1.54, 1.807) is 0 Å². The molecule has 0 aromatic heterocycles. The van der Waals surface area contributed by atoms with Crippen molar-refractivity contribution in [2.24, 2.45) is 0 Å². The fourth-order valence-corrected chi connectivity index (χ4v) is 4.67. The van der Waals surface area contributed by atoms with E-state index in [1.165, 1.54) is 4.90 Å². The van der Waals surface area contributed by atoms with Crippen LogP contribution in [-0.2, 0) is 16.2 Å². The van der Waals surface area contributed by atoms with Gasteiger partial charge in [-0.05, 0) is 30.3 Å². The molecule has 1 fully saturated rings. The summed E-state index contributed by atoms with van der Waals surface area (Å²) in [6.07, 6.45) is -4.83. The molecule has 0 N–H and O–H groups in total. The van der Waals surface area contributed by atoms with Gasteiger partial charge in [0, 0.05) is 32.2 Å². The highest BCUT2D eigenvalue weighted by molar-refractivity contribution is 7.89. The van der Waals surface area contributed by atoms with Gasteiger partial charge in [0.2, 0.25) is 10.0 Å². The number of carbonyl (C=O) groups excluding carboxylic acids is 1. The zero-order valence-corrected chi connectivity index (χ0v) is 16.7. The zero-order valence-electron chi connectivity index (χ0n) is 15.1. The lowest BCUT2D eigenvalue weighted by Gasteiger charge is -2.34.